The predicted octanol–water partition coefficient (Wildman–Crippen LogP) is 2.10. The third kappa shape index (κ3) is 3.14. The first-order valence-electron chi connectivity index (χ1n) is 7.41. The van der Waals surface area contributed by atoms with Crippen LogP contribution >= 0.6 is 0 Å². The molecular weight excluding hydrogens is 326 g/mol. The summed E-state index contributed by atoms with van der Waals surface area (Å²) in [6, 6.07) is 8.45. The van der Waals surface area contributed by atoms with Gasteiger partial charge in [0.25, 0.3) is 11.6 Å². The molecule has 0 fully saturated rings. The van der Waals surface area contributed by atoms with E-state index in [1.807, 2.05) is 0 Å². The molecule has 1 amide bonds. The maximum atomic E-state index is 12.4. The fraction of sp³-hybridized carbons (Fsp3) is 0.176. The second kappa shape index (κ2) is 6.60. The van der Waals surface area contributed by atoms with Crippen LogP contribution < -0.4 is 10.1 Å². The van der Waals surface area contributed by atoms with Crippen molar-refractivity contribution in [3.8, 4) is 5.75 Å². The Kier molecular flexibility index (Phi) is 4.34. The van der Waals surface area contributed by atoms with Gasteiger partial charge in [-0.1, -0.05) is 23.4 Å². The summed E-state index contributed by atoms with van der Waals surface area (Å²) in [5.74, 6) is -1.49. The van der Waals surface area contributed by atoms with Crippen molar-refractivity contribution in [1.82, 2.24) is 15.5 Å². The molecule has 0 saturated carbocycles. The Balaban J connectivity index is 1.91. The summed E-state index contributed by atoms with van der Waals surface area (Å²) < 4.78 is 10.2. The molecule has 0 aliphatic heterocycles. The van der Waals surface area contributed by atoms with E-state index in [1.165, 1.54) is 13.2 Å². The second-order valence-electron chi connectivity index (χ2n) is 5.30. The van der Waals surface area contributed by atoms with Crippen molar-refractivity contribution < 1.29 is 24.0 Å². The zero-order valence-electron chi connectivity index (χ0n) is 13.5. The number of aromatic nitrogens is 2. The average Bonchev–Trinajstić information content (AvgIpc) is 2.99. The Bertz CT molecular complexity index is 950. The van der Waals surface area contributed by atoms with Crippen LogP contribution in [0.4, 0.5) is 0 Å². The highest BCUT2D eigenvalue weighted by Crippen LogP contribution is 2.25. The standard InChI is InChI=1S/C17H15N3O5/c1-9-10-7-8-12(18-16(10)25-20-9)15(21)19-14(17(22)23)11-5-3-4-6-13(11)24-2/h3-8,14H,1-2H3,(H,19,21)(H,22,23). The van der Waals surface area contributed by atoms with Crippen molar-refractivity contribution >= 4 is 23.0 Å². The molecule has 0 aliphatic carbocycles. The van der Waals surface area contributed by atoms with Gasteiger partial charge in [-0.3, -0.25) is 4.79 Å². The van der Waals surface area contributed by atoms with E-state index in [4.69, 9.17) is 9.26 Å². The molecule has 1 aromatic carbocycles. The highest BCUT2D eigenvalue weighted by molar-refractivity contribution is 5.97. The van der Waals surface area contributed by atoms with Crippen molar-refractivity contribution in [1.29, 1.82) is 0 Å². The van der Waals surface area contributed by atoms with Crippen LogP contribution in [0.1, 0.15) is 27.8 Å². The van der Waals surface area contributed by atoms with Gasteiger partial charge in [0.2, 0.25) is 0 Å². The Hall–Kier alpha value is -3.42. The first-order valence-corrected chi connectivity index (χ1v) is 7.41. The van der Waals surface area contributed by atoms with Gasteiger partial charge in [-0.15, -0.1) is 0 Å². The van der Waals surface area contributed by atoms with E-state index in [2.05, 4.69) is 15.5 Å². The van der Waals surface area contributed by atoms with E-state index < -0.39 is 17.9 Å². The number of methoxy groups -OCH3 is 1. The lowest BCUT2D eigenvalue weighted by Gasteiger charge is -2.17. The molecule has 2 aromatic heterocycles. The number of amides is 1. The van der Waals surface area contributed by atoms with E-state index in [9.17, 15) is 14.7 Å². The maximum absolute atomic E-state index is 12.4. The van der Waals surface area contributed by atoms with Crippen molar-refractivity contribution in [2.24, 2.45) is 0 Å². The maximum Gasteiger partial charge on any atom is 0.331 e. The zero-order valence-corrected chi connectivity index (χ0v) is 13.5. The van der Waals surface area contributed by atoms with E-state index in [-0.39, 0.29) is 11.4 Å². The van der Waals surface area contributed by atoms with Crippen molar-refractivity contribution in [2.45, 2.75) is 13.0 Å². The van der Waals surface area contributed by atoms with Crippen LogP contribution in [0, 0.1) is 6.92 Å². The van der Waals surface area contributed by atoms with Crippen LogP contribution in [-0.2, 0) is 4.79 Å². The van der Waals surface area contributed by atoms with Crippen molar-refractivity contribution in [2.75, 3.05) is 7.11 Å². The van der Waals surface area contributed by atoms with Gasteiger partial charge >= 0.3 is 5.97 Å². The molecular formula is C17H15N3O5. The first-order chi connectivity index (χ1) is 12.0. The fourth-order valence-corrected chi connectivity index (χ4v) is 2.46. The minimum Gasteiger partial charge on any atom is -0.496 e. The lowest BCUT2D eigenvalue weighted by molar-refractivity contribution is -0.139. The van der Waals surface area contributed by atoms with Gasteiger partial charge in [-0.2, -0.15) is 0 Å². The van der Waals surface area contributed by atoms with Crippen LogP contribution in [-0.4, -0.2) is 34.2 Å². The number of para-hydroxylation sites is 1. The number of nitrogens with zero attached hydrogens (tertiary/aromatic N) is 2. The summed E-state index contributed by atoms with van der Waals surface area (Å²) in [5.41, 5.74) is 1.24. The molecule has 25 heavy (non-hydrogen) atoms. The summed E-state index contributed by atoms with van der Waals surface area (Å²) in [7, 11) is 1.43. The molecule has 8 nitrogen and oxygen atoms in total. The summed E-state index contributed by atoms with van der Waals surface area (Å²) in [5, 5.41) is 16.4. The van der Waals surface area contributed by atoms with E-state index in [1.54, 1.807) is 37.3 Å². The van der Waals surface area contributed by atoms with Crippen LogP contribution in [0.25, 0.3) is 11.1 Å². The number of hydrogen-bond acceptors (Lipinski definition) is 6. The largest absolute Gasteiger partial charge is 0.496 e. The Morgan fingerprint density at radius 2 is 2.00 bits per heavy atom. The molecule has 0 aliphatic rings. The third-order valence-electron chi connectivity index (χ3n) is 3.72. The molecule has 0 spiro atoms. The number of nitrogens with one attached hydrogen (secondary N) is 1. The third-order valence-corrected chi connectivity index (χ3v) is 3.72. The molecule has 3 aromatic rings. The van der Waals surface area contributed by atoms with Gasteiger partial charge in [0.15, 0.2) is 6.04 Å². The number of carboxylic acid groups (broad SMARTS) is 1. The number of aryl methyl sites for hydroxylation is 1. The predicted molar refractivity (Wildman–Crippen MR) is 87.4 cm³/mol. The molecule has 1 unspecified atom stereocenters. The fourth-order valence-electron chi connectivity index (χ4n) is 2.46. The number of carbonyl (C=O) groups is 2. The monoisotopic (exact) mass is 341 g/mol. The molecule has 2 heterocycles. The number of pyridine rings is 1. The van der Waals surface area contributed by atoms with E-state index in [0.717, 1.165) is 0 Å². The molecule has 1 atom stereocenters. The molecule has 3 rings (SSSR count). The van der Waals surface area contributed by atoms with E-state index in [0.29, 0.717) is 22.4 Å². The molecule has 2 N–H and O–H groups in total. The van der Waals surface area contributed by atoms with Gasteiger partial charge in [-0.05, 0) is 25.1 Å². The Morgan fingerprint density at radius 1 is 1.24 bits per heavy atom. The Labute approximate surface area is 142 Å². The Morgan fingerprint density at radius 3 is 2.72 bits per heavy atom. The minimum absolute atomic E-state index is 0.0322. The first kappa shape index (κ1) is 16.4. The topological polar surface area (TPSA) is 115 Å². The summed E-state index contributed by atoms with van der Waals surface area (Å²) >= 11 is 0. The van der Waals surface area contributed by atoms with Crippen molar-refractivity contribution in [3.05, 3.63) is 53.3 Å². The normalized spacial score (nSPS) is 11.9. The smallest absolute Gasteiger partial charge is 0.331 e. The summed E-state index contributed by atoms with van der Waals surface area (Å²) in [4.78, 5) is 28.2. The van der Waals surface area contributed by atoms with E-state index >= 15 is 0 Å². The highest BCUT2D eigenvalue weighted by atomic mass is 16.5. The molecule has 128 valence electrons. The lowest BCUT2D eigenvalue weighted by atomic mass is 10.1. The molecule has 0 radical (unpaired) electrons. The number of fused-ring (bicyclic) bond motifs is 1. The number of benzene rings is 1. The minimum atomic E-state index is -1.28. The number of hydrogen-bond donors (Lipinski definition) is 2. The second-order valence-corrected chi connectivity index (χ2v) is 5.30. The number of carbonyl (C=O) groups excluding carboxylic acids is 1. The number of rotatable bonds is 5. The number of carboxylic acids is 1. The summed E-state index contributed by atoms with van der Waals surface area (Å²) in [6.07, 6.45) is 0. The van der Waals surface area contributed by atoms with Gasteiger partial charge < -0.3 is 19.7 Å². The molecule has 0 bridgehead atoms. The zero-order chi connectivity index (χ0) is 18.0. The SMILES string of the molecule is COc1ccccc1C(NC(=O)c1ccc2c(C)noc2n1)C(=O)O. The molecule has 8 heteroatoms. The number of ether oxygens (including phenoxy) is 1. The number of aliphatic carboxylic acids is 1. The quantitative estimate of drug-likeness (QED) is 0.730. The average molecular weight is 341 g/mol. The van der Waals surface area contributed by atoms with Crippen LogP contribution in [0.15, 0.2) is 40.9 Å². The molecule has 0 saturated heterocycles. The van der Waals surface area contributed by atoms with Crippen LogP contribution in [0.2, 0.25) is 0 Å². The lowest BCUT2D eigenvalue weighted by Crippen LogP contribution is -2.34. The van der Waals surface area contributed by atoms with Crippen LogP contribution in [0.3, 0.4) is 0 Å². The van der Waals surface area contributed by atoms with Crippen LogP contribution in [0.5, 0.6) is 5.75 Å². The van der Waals surface area contributed by atoms with Crippen molar-refractivity contribution in [3.63, 3.8) is 0 Å². The van der Waals surface area contributed by atoms with Gasteiger partial charge in [0, 0.05) is 5.56 Å². The highest BCUT2D eigenvalue weighted by Gasteiger charge is 2.26. The van der Waals surface area contributed by atoms with Gasteiger partial charge in [-0.25, -0.2) is 9.78 Å². The van der Waals surface area contributed by atoms with Gasteiger partial charge in [0.05, 0.1) is 18.2 Å². The van der Waals surface area contributed by atoms with Gasteiger partial charge in [0.1, 0.15) is 11.4 Å². The summed E-state index contributed by atoms with van der Waals surface area (Å²) in [6.45, 7) is 1.76.